The van der Waals surface area contributed by atoms with Gasteiger partial charge in [-0.15, -0.1) is 12.4 Å². The zero-order valence-corrected chi connectivity index (χ0v) is 16.7. The molecule has 0 amide bonds. The number of nitrogens with one attached hydrogen (secondary N) is 4. The van der Waals surface area contributed by atoms with Crippen LogP contribution >= 0.6 is 24.0 Å². The molecule has 5 nitrogen and oxygen atoms in total. The standard InChI is InChI=1S/C19H24ClN5.ClH/c1-19(2,3)25(13-14-7-5-4-6-8-14)18(22)24-17(21)23-16-11-9-15(20)10-12-16;/h4-12H,13H2,1-3H3,(H4,21,22,23,24);1H. The minimum absolute atomic E-state index is 0. The van der Waals surface area contributed by atoms with E-state index >= 15 is 0 Å². The van der Waals surface area contributed by atoms with E-state index in [0.29, 0.717) is 11.6 Å². The average molecular weight is 394 g/mol. The molecule has 0 saturated heterocycles. The first-order chi connectivity index (χ1) is 11.8. The number of benzene rings is 2. The Morgan fingerprint density at radius 3 is 2.12 bits per heavy atom. The van der Waals surface area contributed by atoms with Gasteiger partial charge in [0.2, 0.25) is 0 Å². The molecule has 4 N–H and O–H groups in total. The molecular formula is C19H25Cl2N5. The summed E-state index contributed by atoms with van der Waals surface area (Å²) in [6.07, 6.45) is 0. The summed E-state index contributed by atoms with van der Waals surface area (Å²) in [5.41, 5.74) is 1.58. The van der Waals surface area contributed by atoms with Crippen molar-refractivity contribution in [2.75, 3.05) is 5.32 Å². The van der Waals surface area contributed by atoms with Gasteiger partial charge in [0.15, 0.2) is 11.9 Å². The van der Waals surface area contributed by atoms with Crippen LogP contribution in [0, 0.1) is 10.8 Å². The molecule has 0 radical (unpaired) electrons. The Labute approximate surface area is 166 Å². The second-order valence-corrected chi connectivity index (χ2v) is 7.16. The molecule has 0 aromatic heterocycles. The van der Waals surface area contributed by atoms with Gasteiger partial charge in [-0.05, 0) is 50.6 Å². The molecule has 0 aliphatic heterocycles. The first-order valence-electron chi connectivity index (χ1n) is 8.04. The van der Waals surface area contributed by atoms with E-state index in [1.807, 2.05) is 56.0 Å². The molecule has 0 aliphatic carbocycles. The fourth-order valence-electron chi connectivity index (χ4n) is 2.31. The lowest BCUT2D eigenvalue weighted by Gasteiger charge is -2.37. The second kappa shape index (κ2) is 9.46. The van der Waals surface area contributed by atoms with Crippen LogP contribution in [0.1, 0.15) is 26.3 Å². The van der Waals surface area contributed by atoms with Crippen LogP contribution < -0.4 is 10.6 Å². The SMILES string of the molecule is CC(C)(C)N(Cc1ccccc1)C(=N)NC(=N)Nc1ccc(Cl)cc1.Cl. The highest BCUT2D eigenvalue weighted by Gasteiger charge is 2.24. The van der Waals surface area contributed by atoms with Crippen molar-refractivity contribution in [3.8, 4) is 0 Å². The first-order valence-corrected chi connectivity index (χ1v) is 8.42. The maximum Gasteiger partial charge on any atom is 0.199 e. The number of anilines is 1. The van der Waals surface area contributed by atoms with Gasteiger partial charge in [-0.25, -0.2) is 0 Å². The number of halogens is 2. The van der Waals surface area contributed by atoms with Crippen molar-refractivity contribution in [2.24, 2.45) is 0 Å². The van der Waals surface area contributed by atoms with Crippen molar-refractivity contribution in [1.82, 2.24) is 10.2 Å². The maximum atomic E-state index is 8.39. The molecule has 2 aromatic carbocycles. The fraction of sp³-hybridized carbons (Fsp3) is 0.263. The van der Waals surface area contributed by atoms with E-state index < -0.39 is 0 Å². The summed E-state index contributed by atoms with van der Waals surface area (Å²) in [5, 5.41) is 22.8. The van der Waals surface area contributed by atoms with Gasteiger partial charge in [0.1, 0.15) is 0 Å². The van der Waals surface area contributed by atoms with Gasteiger partial charge >= 0.3 is 0 Å². The van der Waals surface area contributed by atoms with Crippen LogP contribution in [0.15, 0.2) is 54.6 Å². The van der Waals surface area contributed by atoms with Gasteiger partial charge in [-0.1, -0.05) is 41.9 Å². The van der Waals surface area contributed by atoms with Gasteiger partial charge < -0.3 is 10.2 Å². The van der Waals surface area contributed by atoms with Gasteiger partial charge in [0.25, 0.3) is 0 Å². The van der Waals surface area contributed by atoms with Crippen molar-refractivity contribution in [2.45, 2.75) is 32.9 Å². The summed E-state index contributed by atoms with van der Waals surface area (Å²) in [5.74, 6) is 0.206. The maximum absolute atomic E-state index is 8.39. The molecule has 0 aliphatic rings. The zero-order valence-electron chi connectivity index (χ0n) is 15.1. The van der Waals surface area contributed by atoms with E-state index in [1.165, 1.54) is 0 Å². The van der Waals surface area contributed by atoms with E-state index in [4.69, 9.17) is 22.4 Å². The Bertz CT molecular complexity index is 724. The molecule has 0 saturated carbocycles. The molecule has 0 spiro atoms. The topological polar surface area (TPSA) is 75.0 Å². The molecule has 0 bridgehead atoms. The molecule has 0 fully saturated rings. The number of hydrogen-bond donors (Lipinski definition) is 4. The normalized spacial score (nSPS) is 10.5. The predicted octanol–water partition coefficient (Wildman–Crippen LogP) is 4.93. The summed E-state index contributed by atoms with van der Waals surface area (Å²) in [4.78, 5) is 1.92. The lowest BCUT2D eigenvalue weighted by molar-refractivity contribution is 0.223. The second-order valence-electron chi connectivity index (χ2n) is 6.72. The molecule has 0 heterocycles. The lowest BCUT2D eigenvalue weighted by Crippen LogP contribution is -2.52. The van der Waals surface area contributed by atoms with Gasteiger partial charge in [-0.2, -0.15) is 0 Å². The molecule has 26 heavy (non-hydrogen) atoms. The van der Waals surface area contributed by atoms with Crippen LogP contribution in [0.4, 0.5) is 5.69 Å². The number of rotatable bonds is 3. The monoisotopic (exact) mass is 393 g/mol. The first kappa shape index (κ1) is 21.8. The van der Waals surface area contributed by atoms with Crippen LogP contribution in [-0.4, -0.2) is 22.4 Å². The van der Waals surface area contributed by atoms with Crippen molar-refractivity contribution < 1.29 is 0 Å². The third kappa shape index (κ3) is 6.58. The predicted molar refractivity (Wildman–Crippen MR) is 113 cm³/mol. The van der Waals surface area contributed by atoms with Gasteiger partial charge in [0.05, 0.1) is 0 Å². The summed E-state index contributed by atoms with van der Waals surface area (Å²) in [7, 11) is 0. The van der Waals surface area contributed by atoms with Crippen molar-refractivity contribution in [3.63, 3.8) is 0 Å². The summed E-state index contributed by atoms with van der Waals surface area (Å²) >= 11 is 5.86. The summed E-state index contributed by atoms with van der Waals surface area (Å²) < 4.78 is 0. The average Bonchev–Trinajstić information content (AvgIpc) is 2.54. The number of hydrogen-bond acceptors (Lipinski definition) is 2. The Morgan fingerprint density at radius 1 is 1.00 bits per heavy atom. The molecule has 0 atom stereocenters. The summed E-state index contributed by atoms with van der Waals surface area (Å²) in [6.45, 7) is 6.72. The van der Waals surface area contributed by atoms with Crippen molar-refractivity contribution >= 4 is 41.6 Å². The minimum Gasteiger partial charge on any atom is -0.334 e. The highest BCUT2D eigenvalue weighted by atomic mass is 35.5. The smallest absolute Gasteiger partial charge is 0.199 e. The molecule has 2 rings (SSSR count). The number of nitrogens with zero attached hydrogens (tertiary/aromatic N) is 1. The van der Waals surface area contributed by atoms with Gasteiger partial charge in [0, 0.05) is 22.8 Å². The minimum atomic E-state index is -0.263. The quantitative estimate of drug-likeness (QED) is 0.440. The highest BCUT2D eigenvalue weighted by molar-refractivity contribution is 6.30. The zero-order chi connectivity index (χ0) is 18.4. The Balaban J connectivity index is 0.00000338. The third-order valence-corrected chi connectivity index (χ3v) is 3.87. The molecular weight excluding hydrogens is 369 g/mol. The highest BCUT2D eigenvalue weighted by Crippen LogP contribution is 2.17. The van der Waals surface area contributed by atoms with E-state index in [9.17, 15) is 0 Å². The Kier molecular flexibility index (Phi) is 7.93. The molecule has 140 valence electrons. The van der Waals surface area contributed by atoms with E-state index in [2.05, 4.69) is 10.6 Å². The molecule has 7 heteroatoms. The Morgan fingerprint density at radius 2 is 1.58 bits per heavy atom. The van der Waals surface area contributed by atoms with E-state index in [-0.39, 0.29) is 29.9 Å². The lowest BCUT2D eigenvalue weighted by atomic mass is 10.0. The fourth-order valence-corrected chi connectivity index (χ4v) is 2.44. The van der Waals surface area contributed by atoms with Crippen LogP contribution in [-0.2, 0) is 6.54 Å². The van der Waals surface area contributed by atoms with E-state index in [1.54, 1.807) is 24.3 Å². The van der Waals surface area contributed by atoms with Crippen molar-refractivity contribution in [1.29, 1.82) is 10.8 Å². The largest absolute Gasteiger partial charge is 0.334 e. The Hall–Kier alpha value is -2.24. The third-order valence-electron chi connectivity index (χ3n) is 3.62. The van der Waals surface area contributed by atoms with E-state index in [0.717, 1.165) is 11.3 Å². The van der Waals surface area contributed by atoms with Crippen molar-refractivity contribution in [3.05, 3.63) is 65.2 Å². The van der Waals surface area contributed by atoms with Crippen LogP contribution in [0.25, 0.3) is 0 Å². The van der Waals surface area contributed by atoms with Crippen LogP contribution in [0.5, 0.6) is 0 Å². The number of guanidine groups is 2. The molecule has 2 aromatic rings. The summed E-state index contributed by atoms with van der Waals surface area (Å²) in [6, 6.07) is 17.1. The van der Waals surface area contributed by atoms with Gasteiger partial charge in [-0.3, -0.25) is 16.1 Å². The van der Waals surface area contributed by atoms with Crippen LogP contribution in [0.2, 0.25) is 5.02 Å². The molecule has 0 unspecified atom stereocenters. The van der Waals surface area contributed by atoms with Crippen LogP contribution in [0.3, 0.4) is 0 Å².